The minimum absolute atomic E-state index is 0.947. The normalized spacial score (nSPS) is 12.8. The summed E-state index contributed by atoms with van der Waals surface area (Å²) < 4.78 is 6.47. The molecule has 1 heteroatoms. The van der Waals surface area contributed by atoms with E-state index in [0.717, 1.165) is 29.6 Å². The van der Waals surface area contributed by atoms with E-state index >= 15 is 0 Å². The van der Waals surface area contributed by atoms with Crippen molar-refractivity contribution in [3.05, 3.63) is 151 Å². The number of allylic oxidation sites excluding steroid dienone is 1. The predicted octanol–water partition coefficient (Wildman–Crippen LogP) is 11.9. The van der Waals surface area contributed by atoms with E-state index in [1.807, 2.05) is 0 Å². The quantitative estimate of drug-likeness (QED) is 0.200. The van der Waals surface area contributed by atoms with Gasteiger partial charge in [0.2, 0.25) is 0 Å². The van der Waals surface area contributed by atoms with Crippen LogP contribution in [0, 0.1) is 0 Å². The number of benzene rings is 7. The van der Waals surface area contributed by atoms with Gasteiger partial charge in [-0.2, -0.15) is 0 Å². The predicted molar refractivity (Wildman–Crippen MR) is 182 cm³/mol. The van der Waals surface area contributed by atoms with Gasteiger partial charge in [0.15, 0.2) is 0 Å². The molecule has 0 unspecified atom stereocenters. The summed E-state index contributed by atoms with van der Waals surface area (Å²) in [6.45, 7) is 0. The highest BCUT2D eigenvalue weighted by atomic mass is 16.3. The van der Waals surface area contributed by atoms with Crippen LogP contribution in [0.2, 0.25) is 0 Å². The van der Waals surface area contributed by atoms with Crippen molar-refractivity contribution in [3.8, 4) is 33.4 Å². The maximum atomic E-state index is 6.47. The lowest BCUT2D eigenvalue weighted by Crippen LogP contribution is -1.94. The lowest BCUT2D eigenvalue weighted by atomic mass is 9.85. The second kappa shape index (κ2) is 9.58. The monoisotopic (exact) mass is 548 g/mol. The third-order valence-electron chi connectivity index (χ3n) is 9.12. The van der Waals surface area contributed by atoms with E-state index in [0.29, 0.717) is 0 Å². The van der Waals surface area contributed by atoms with Crippen LogP contribution in [0.1, 0.15) is 17.5 Å². The van der Waals surface area contributed by atoms with E-state index in [4.69, 9.17) is 4.42 Å². The third-order valence-corrected chi connectivity index (χ3v) is 9.12. The van der Waals surface area contributed by atoms with E-state index in [1.165, 1.54) is 71.3 Å². The smallest absolute Gasteiger partial charge is 0.136 e. The standard InChI is InChI=1S/C42H28O/c1-3-12-28(13-4-1)40-33-17-9-10-18-34(33)41(29-14-5-2-6-15-29)37-25-30(19-22-35(37)40)31-20-23-36-39(26-31)43-38-24-21-27-11-7-8-16-32(27)42(36)38/h1-7,9-15,17-26H,8,16H2. The first-order chi connectivity index (χ1) is 21.3. The molecule has 0 aliphatic heterocycles. The molecule has 0 saturated heterocycles. The van der Waals surface area contributed by atoms with Crippen LogP contribution in [-0.4, -0.2) is 0 Å². The van der Waals surface area contributed by atoms with Crippen molar-refractivity contribution in [1.29, 1.82) is 0 Å². The summed E-state index contributed by atoms with van der Waals surface area (Å²) in [5.41, 5.74) is 12.0. The first kappa shape index (κ1) is 24.2. The van der Waals surface area contributed by atoms with Crippen LogP contribution < -0.4 is 0 Å². The zero-order chi connectivity index (χ0) is 28.3. The zero-order valence-corrected chi connectivity index (χ0v) is 23.7. The Morgan fingerprint density at radius 1 is 0.442 bits per heavy atom. The Hall–Kier alpha value is -5.40. The number of hydrogen-bond acceptors (Lipinski definition) is 1. The molecular formula is C42H28O. The molecule has 43 heavy (non-hydrogen) atoms. The molecule has 0 bridgehead atoms. The van der Waals surface area contributed by atoms with Gasteiger partial charge in [-0.3, -0.25) is 0 Å². The molecule has 0 spiro atoms. The molecule has 0 radical (unpaired) electrons. The molecule has 8 aromatic rings. The fourth-order valence-electron chi connectivity index (χ4n) is 7.19. The fraction of sp³-hybridized carbons (Fsp3) is 0.0476. The van der Waals surface area contributed by atoms with Crippen molar-refractivity contribution >= 4 is 49.6 Å². The van der Waals surface area contributed by atoms with Crippen molar-refractivity contribution in [2.24, 2.45) is 0 Å². The van der Waals surface area contributed by atoms with Gasteiger partial charge in [0.05, 0.1) is 0 Å². The van der Waals surface area contributed by atoms with Gasteiger partial charge >= 0.3 is 0 Å². The van der Waals surface area contributed by atoms with Crippen molar-refractivity contribution in [2.45, 2.75) is 12.8 Å². The van der Waals surface area contributed by atoms with Gasteiger partial charge in [-0.05, 0) is 103 Å². The lowest BCUT2D eigenvalue weighted by Gasteiger charge is -2.18. The van der Waals surface area contributed by atoms with Crippen LogP contribution >= 0.6 is 0 Å². The highest BCUT2D eigenvalue weighted by Gasteiger charge is 2.19. The van der Waals surface area contributed by atoms with Crippen molar-refractivity contribution < 1.29 is 4.42 Å². The molecule has 9 rings (SSSR count). The molecule has 7 aromatic carbocycles. The second-order valence-electron chi connectivity index (χ2n) is 11.5. The average molecular weight is 549 g/mol. The molecule has 0 fully saturated rings. The first-order valence-electron chi connectivity index (χ1n) is 15.1. The summed E-state index contributed by atoms with van der Waals surface area (Å²) in [4.78, 5) is 0. The van der Waals surface area contributed by atoms with Crippen LogP contribution in [-0.2, 0) is 6.42 Å². The molecule has 1 heterocycles. The Kier molecular flexibility index (Phi) is 5.39. The summed E-state index contributed by atoms with van der Waals surface area (Å²) in [5, 5.41) is 7.53. The lowest BCUT2D eigenvalue weighted by molar-refractivity contribution is 0.668. The summed E-state index contributed by atoms with van der Waals surface area (Å²) >= 11 is 0. The number of aryl methyl sites for hydroxylation is 1. The summed E-state index contributed by atoms with van der Waals surface area (Å²) in [6.07, 6.45) is 6.66. The van der Waals surface area contributed by atoms with Crippen LogP contribution in [0.4, 0.5) is 0 Å². The van der Waals surface area contributed by atoms with Gasteiger partial charge < -0.3 is 4.42 Å². The van der Waals surface area contributed by atoms with Gasteiger partial charge in [-0.1, -0.05) is 121 Å². The molecule has 1 aromatic heterocycles. The zero-order valence-electron chi connectivity index (χ0n) is 23.7. The number of fused-ring (bicyclic) bond motifs is 7. The maximum absolute atomic E-state index is 6.47. The molecule has 1 aliphatic rings. The van der Waals surface area contributed by atoms with Gasteiger partial charge in [0.1, 0.15) is 11.2 Å². The summed E-state index contributed by atoms with van der Waals surface area (Å²) in [5.74, 6) is 0. The van der Waals surface area contributed by atoms with Gasteiger partial charge in [0, 0.05) is 10.8 Å². The topological polar surface area (TPSA) is 13.1 Å². The molecule has 0 N–H and O–H groups in total. The van der Waals surface area contributed by atoms with E-state index < -0.39 is 0 Å². The Bertz CT molecular complexity index is 2370. The first-order valence-corrected chi connectivity index (χ1v) is 15.1. The minimum atomic E-state index is 0.947. The molecule has 1 aliphatic carbocycles. The van der Waals surface area contributed by atoms with E-state index in [9.17, 15) is 0 Å². The molecule has 0 saturated carbocycles. The Morgan fingerprint density at radius 3 is 1.77 bits per heavy atom. The van der Waals surface area contributed by atoms with Gasteiger partial charge in [0.25, 0.3) is 0 Å². The molecule has 0 amide bonds. The van der Waals surface area contributed by atoms with Crippen molar-refractivity contribution in [2.75, 3.05) is 0 Å². The average Bonchev–Trinajstić information content (AvgIpc) is 3.46. The highest BCUT2D eigenvalue weighted by molar-refractivity contribution is 6.22. The van der Waals surface area contributed by atoms with Gasteiger partial charge in [-0.15, -0.1) is 0 Å². The molecule has 1 nitrogen and oxygen atoms in total. The van der Waals surface area contributed by atoms with Crippen LogP contribution in [0.15, 0.2) is 144 Å². The highest BCUT2D eigenvalue weighted by Crippen LogP contribution is 2.45. The Labute approximate surface area is 250 Å². The van der Waals surface area contributed by atoms with Crippen LogP contribution in [0.5, 0.6) is 0 Å². The number of furan rings is 1. The van der Waals surface area contributed by atoms with E-state index in [1.54, 1.807) is 0 Å². The van der Waals surface area contributed by atoms with Crippen molar-refractivity contribution in [1.82, 2.24) is 0 Å². The maximum Gasteiger partial charge on any atom is 0.136 e. The molecular weight excluding hydrogens is 520 g/mol. The summed E-state index contributed by atoms with van der Waals surface area (Å²) in [7, 11) is 0. The number of hydrogen-bond donors (Lipinski definition) is 0. The fourth-order valence-corrected chi connectivity index (χ4v) is 7.19. The van der Waals surface area contributed by atoms with Crippen LogP contribution in [0.25, 0.3) is 82.9 Å². The Morgan fingerprint density at radius 2 is 1.05 bits per heavy atom. The largest absolute Gasteiger partial charge is 0.456 e. The number of rotatable bonds is 3. The SMILES string of the molecule is C1=Cc2ccc3oc4cc(-c5ccc6c(-c7ccccc7)c7ccccc7c(-c7ccccc7)c6c5)ccc4c3c2CC1. The van der Waals surface area contributed by atoms with Crippen LogP contribution in [0.3, 0.4) is 0 Å². The van der Waals surface area contributed by atoms with E-state index in [2.05, 4.69) is 146 Å². The molecule has 202 valence electrons. The third kappa shape index (κ3) is 3.78. The second-order valence-corrected chi connectivity index (χ2v) is 11.5. The van der Waals surface area contributed by atoms with Crippen molar-refractivity contribution in [3.63, 3.8) is 0 Å². The molecule has 0 atom stereocenters. The Balaban J connectivity index is 1.32. The summed E-state index contributed by atoms with van der Waals surface area (Å²) in [6, 6.07) is 48.5. The van der Waals surface area contributed by atoms with E-state index in [-0.39, 0.29) is 0 Å². The minimum Gasteiger partial charge on any atom is -0.456 e. The van der Waals surface area contributed by atoms with Gasteiger partial charge in [-0.25, -0.2) is 0 Å².